The molecule has 2 heterocycles. The zero-order valence-electron chi connectivity index (χ0n) is 10.9. The predicted octanol–water partition coefficient (Wildman–Crippen LogP) is 2.03. The van der Waals surface area contributed by atoms with Crippen molar-refractivity contribution in [3.63, 3.8) is 0 Å². The number of nitrogens with zero attached hydrogens (tertiary/aromatic N) is 2. The zero-order chi connectivity index (χ0) is 13.1. The third kappa shape index (κ3) is 2.58. The fourth-order valence-corrected chi connectivity index (χ4v) is 3.12. The van der Waals surface area contributed by atoms with E-state index in [4.69, 9.17) is 5.73 Å². The van der Waals surface area contributed by atoms with Crippen molar-refractivity contribution in [2.24, 2.45) is 5.92 Å². The third-order valence-electron chi connectivity index (χ3n) is 3.45. The van der Waals surface area contributed by atoms with E-state index in [2.05, 4.69) is 17.2 Å². The number of carbonyl (C=O) groups excluding carboxylic acids is 1. The molecule has 1 aliphatic rings. The molecule has 1 aromatic heterocycles. The second-order valence-corrected chi connectivity index (χ2v) is 5.65. The quantitative estimate of drug-likeness (QED) is 0.880. The third-order valence-corrected chi connectivity index (χ3v) is 4.52. The van der Waals surface area contributed by atoms with E-state index < -0.39 is 0 Å². The molecule has 1 fully saturated rings. The molecule has 1 amide bonds. The van der Waals surface area contributed by atoms with Crippen LogP contribution in [0.1, 0.15) is 35.9 Å². The molecule has 0 bridgehead atoms. The van der Waals surface area contributed by atoms with Crippen molar-refractivity contribution in [2.45, 2.75) is 26.2 Å². The minimum atomic E-state index is 0.0321. The molecule has 6 heteroatoms. The number of thiazole rings is 1. The second-order valence-electron chi connectivity index (χ2n) is 4.65. The highest BCUT2D eigenvalue weighted by atomic mass is 32.1. The van der Waals surface area contributed by atoms with Gasteiger partial charge in [-0.3, -0.25) is 4.79 Å². The number of hydrogen-bond acceptors (Lipinski definition) is 5. The average molecular weight is 268 g/mol. The first-order valence-electron chi connectivity index (χ1n) is 6.39. The normalized spacial score (nSPS) is 19.9. The number of likely N-dealkylation sites (tertiary alicyclic amines) is 1. The Bertz CT molecular complexity index is 432. The largest absolute Gasteiger partial charge is 0.382 e. The highest BCUT2D eigenvalue weighted by molar-refractivity contribution is 7.18. The van der Waals surface area contributed by atoms with E-state index in [0.29, 0.717) is 21.7 Å². The van der Waals surface area contributed by atoms with Gasteiger partial charge in [0.05, 0.1) is 0 Å². The van der Waals surface area contributed by atoms with E-state index in [-0.39, 0.29) is 5.91 Å². The molecule has 0 aliphatic carbocycles. The zero-order valence-corrected chi connectivity index (χ0v) is 11.7. The smallest absolute Gasteiger partial charge is 0.267 e. The minimum Gasteiger partial charge on any atom is -0.382 e. The van der Waals surface area contributed by atoms with Crippen molar-refractivity contribution < 1.29 is 4.79 Å². The Morgan fingerprint density at radius 3 is 3.06 bits per heavy atom. The Hall–Kier alpha value is -1.30. The lowest BCUT2D eigenvalue weighted by Crippen LogP contribution is -2.39. The first-order chi connectivity index (χ1) is 8.65. The number of aromatic nitrogens is 1. The molecule has 1 saturated heterocycles. The highest BCUT2D eigenvalue weighted by Crippen LogP contribution is 2.28. The van der Waals surface area contributed by atoms with Crippen LogP contribution < -0.4 is 11.1 Å². The Balaban J connectivity index is 2.12. The van der Waals surface area contributed by atoms with Gasteiger partial charge in [-0.05, 0) is 18.8 Å². The standard InChI is InChI=1S/C12H20N4OS/c1-3-8-5-4-6-16(7-8)11(17)9-10(13)15-12(14-2)18-9/h8H,3-7,13H2,1-2H3,(H,14,15). The summed E-state index contributed by atoms with van der Waals surface area (Å²) in [5.74, 6) is 0.998. The van der Waals surface area contributed by atoms with E-state index in [1.807, 2.05) is 4.90 Å². The first kappa shape index (κ1) is 13.1. The van der Waals surface area contributed by atoms with E-state index in [1.165, 1.54) is 17.8 Å². The number of rotatable bonds is 3. The maximum Gasteiger partial charge on any atom is 0.267 e. The number of nitrogens with two attached hydrogens (primary N) is 1. The number of nitrogen functional groups attached to an aromatic ring is 1. The van der Waals surface area contributed by atoms with Gasteiger partial charge in [0.25, 0.3) is 5.91 Å². The van der Waals surface area contributed by atoms with Gasteiger partial charge in [-0.1, -0.05) is 24.7 Å². The predicted molar refractivity (Wildman–Crippen MR) is 75.0 cm³/mol. The summed E-state index contributed by atoms with van der Waals surface area (Å²) >= 11 is 1.33. The van der Waals surface area contributed by atoms with Gasteiger partial charge in [0.15, 0.2) is 5.13 Å². The summed E-state index contributed by atoms with van der Waals surface area (Å²) in [6.07, 6.45) is 3.44. The van der Waals surface area contributed by atoms with Crippen LogP contribution in [0.15, 0.2) is 0 Å². The van der Waals surface area contributed by atoms with Gasteiger partial charge in [0.2, 0.25) is 0 Å². The summed E-state index contributed by atoms with van der Waals surface area (Å²) in [6, 6.07) is 0. The molecule has 2 rings (SSSR count). The van der Waals surface area contributed by atoms with Crippen LogP contribution in [0.5, 0.6) is 0 Å². The van der Waals surface area contributed by atoms with E-state index in [0.717, 1.165) is 25.9 Å². The number of hydrogen-bond donors (Lipinski definition) is 2. The van der Waals surface area contributed by atoms with Crippen molar-refractivity contribution >= 4 is 28.2 Å². The summed E-state index contributed by atoms with van der Waals surface area (Å²) < 4.78 is 0. The molecule has 0 aromatic carbocycles. The molecule has 1 unspecified atom stereocenters. The second kappa shape index (κ2) is 5.56. The van der Waals surface area contributed by atoms with Gasteiger partial charge in [-0.25, -0.2) is 4.98 Å². The lowest BCUT2D eigenvalue weighted by atomic mass is 9.95. The molecule has 5 nitrogen and oxygen atoms in total. The van der Waals surface area contributed by atoms with Crippen molar-refractivity contribution in [3.8, 4) is 0 Å². The summed E-state index contributed by atoms with van der Waals surface area (Å²) in [6.45, 7) is 3.86. The number of piperidine rings is 1. The van der Waals surface area contributed by atoms with E-state index in [1.54, 1.807) is 7.05 Å². The van der Waals surface area contributed by atoms with Crippen LogP contribution in [0.4, 0.5) is 10.9 Å². The van der Waals surface area contributed by atoms with Gasteiger partial charge >= 0.3 is 0 Å². The summed E-state index contributed by atoms with van der Waals surface area (Å²) in [7, 11) is 1.78. The molecule has 0 spiro atoms. The number of amides is 1. The van der Waals surface area contributed by atoms with Gasteiger partial charge < -0.3 is 16.0 Å². The van der Waals surface area contributed by atoms with E-state index >= 15 is 0 Å². The van der Waals surface area contributed by atoms with Crippen LogP contribution in [0.3, 0.4) is 0 Å². The number of nitrogens with one attached hydrogen (secondary N) is 1. The molecule has 100 valence electrons. The van der Waals surface area contributed by atoms with Gasteiger partial charge in [-0.2, -0.15) is 0 Å². The van der Waals surface area contributed by atoms with Crippen molar-refractivity contribution in [1.82, 2.24) is 9.88 Å². The molecule has 1 aromatic rings. The Morgan fingerprint density at radius 2 is 2.44 bits per heavy atom. The molecular formula is C12H20N4OS. The van der Waals surface area contributed by atoms with Crippen LogP contribution in [-0.2, 0) is 0 Å². The van der Waals surface area contributed by atoms with Crippen LogP contribution in [0.25, 0.3) is 0 Å². The first-order valence-corrected chi connectivity index (χ1v) is 7.20. The maximum atomic E-state index is 12.4. The summed E-state index contributed by atoms with van der Waals surface area (Å²) in [5.41, 5.74) is 5.80. The minimum absolute atomic E-state index is 0.0321. The van der Waals surface area contributed by atoms with Crippen LogP contribution >= 0.6 is 11.3 Å². The van der Waals surface area contributed by atoms with Gasteiger partial charge in [0.1, 0.15) is 10.7 Å². The SMILES string of the molecule is CCC1CCCN(C(=O)c2sc(NC)nc2N)C1. The average Bonchev–Trinajstić information content (AvgIpc) is 2.79. The Morgan fingerprint density at radius 1 is 1.67 bits per heavy atom. The lowest BCUT2D eigenvalue weighted by molar-refractivity contribution is 0.0677. The van der Waals surface area contributed by atoms with E-state index in [9.17, 15) is 4.79 Å². The monoisotopic (exact) mass is 268 g/mol. The van der Waals surface area contributed by atoms with Gasteiger partial charge in [0, 0.05) is 20.1 Å². The Labute approximate surface area is 111 Å². The van der Waals surface area contributed by atoms with Crippen LogP contribution in [0.2, 0.25) is 0 Å². The fraction of sp³-hybridized carbons (Fsp3) is 0.667. The number of carbonyl (C=O) groups is 1. The fourth-order valence-electron chi connectivity index (χ4n) is 2.32. The van der Waals surface area contributed by atoms with Crippen molar-refractivity contribution in [3.05, 3.63) is 4.88 Å². The molecular weight excluding hydrogens is 248 g/mol. The summed E-state index contributed by atoms with van der Waals surface area (Å²) in [4.78, 5) is 19.0. The maximum absolute atomic E-state index is 12.4. The molecule has 0 radical (unpaired) electrons. The number of anilines is 2. The molecule has 3 N–H and O–H groups in total. The molecule has 1 atom stereocenters. The molecule has 1 aliphatic heterocycles. The van der Waals surface area contributed by atoms with Crippen molar-refractivity contribution in [1.29, 1.82) is 0 Å². The lowest BCUT2D eigenvalue weighted by Gasteiger charge is -2.32. The van der Waals surface area contributed by atoms with Crippen LogP contribution in [-0.4, -0.2) is 35.9 Å². The van der Waals surface area contributed by atoms with Crippen molar-refractivity contribution in [2.75, 3.05) is 31.2 Å². The van der Waals surface area contributed by atoms with Crippen LogP contribution in [0, 0.1) is 5.92 Å². The Kier molecular flexibility index (Phi) is 4.06. The molecule has 18 heavy (non-hydrogen) atoms. The topological polar surface area (TPSA) is 71.2 Å². The highest BCUT2D eigenvalue weighted by Gasteiger charge is 2.26. The molecule has 0 saturated carbocycles. The van der Waals surface area contributed by atoms with Gasteiger partial charge in [-0.15, -0.1) is 0 Å². The summed E-state index contributed by atoms with van der Waals surface area (Å²) in [5, 5.41) is 3.62.